The molecule has 0 fully saturated rings. The molecule has 0 bridgehead atoms. The van der Waals surface area contributed by atoms with Gasteiger partial charge >= 0.3 is 0 Å². The standard InChI is InChI=1S/C12H19NO2/c1-5-9(2)13-11-8-10(14-3)6-7-12(11)15-4/h6-9,13H,5H2,1-4H3/t9-/m0/s1. The molecule has 0 saturated carbocycles. The first-order valence-corrected chi connectivity index (χ1v) is 5.19. The molecule has 3 nitrogen and oxygen atoms in total. The van der Waals surface area contributed by atoms with E-state index in [0.717, 1.165) is 23.6 Å². The molecule has 0 spiro atoms. The molecule has 0 aliphatic heterocycles. The van der Waals surface area contributed by atoms with E-state index in [0.29, 0.717) is 6.04 Å². The largest absolute Gasteiger partial charge is 0.497 e. The fraction of sp³-hybridized carbons (Fsp3) is 0.500. The van der Waals surface area contributed by atoms with Crippen LogP contribution in [0.2, 0.25) is 0 Å². The van der Waals surface area contributed by atoms with E-state index in [2.05, 4.69) is 19.2 Å². The number of benzene rings is 1. The predicted octanol–water partition coefficient (Wildman–Crippen LogP) is 2.91. The van der Waals surface area contributed by atoms with Gasteiger partial charge in [0.1, 0.15) is 11.5 Å². The molecule has 1 N–H and O–H groups in total. The van der Waals surface area contributed by atoms with Gasteiger partial charge in [0.15, 0.2) is 0 Å². The van der Waals surface area contributed by atoms with Gasteiger partial charge in [-0.05, 0) is 25.5 Å². The summed E-state index contributed by atoms with van der Waals surface area (Å²) in [4.78, 5) is 0. The molecule has 0 heterocycles. The minimum atomic E-state index is 0.422. The molecule has 1 rings (SSSR count). The number of hydrogen-bond donors (Lipinski definition) is 1. The van der Waals surface area contributed by atoms with Crippen molar-refractivity contribution in [2.45, 2.75) is 26.3 Å². The third-order valence-corrected chi connectivity index (χ3v) is 2.42. The molecule has 1 atom stereocenters. The summed E-state index contributed by atoms with van der Waals surface area (Å²) in [6.45, 7) is 4.28. The Morgan fingerprint density at radius 2 is 2.00 bits per heavy atom. The summed E-state index contributed by atoms with van der Waals surface area (Å²) < 4.78 is 10.4. The third kappa shape index (κ3) is 3.05. The average Bonchev–Trinajstić information content (AvgIpc) is 2.28. The molecule has 3 heteroatoms. The first-order valence-electron chi connectivity index (χ1n) is 5.19. The average molecular weight is 209 g/mol. The zero-order valence-corrected chi connectivity index (χ0v) is 9.83. The Morgan fingerprint density at radius 3 is 2.53 bits per heavy atom. The van der Waals surface area contributed by atoms with Crippen molar-refractivity contribution in [1.29, 1.82) is 0 Å². The van der Waals surface area contributed by atoms with Crippen LogP contribution in [0.5, 0.6) is 11.5 Å². The monoisotopic (exact) mass is 209 g/mol. The molecule has 0 aromatic heterocycles. The SMILES string of the molecule is CC[C@H](C)Nc1cc(OC)ccc1OC. The molecule has 0 aliphatic rings. The molecule has 0 radical (unpaired) electrons. The Labute approximate surface area is 91.4 Å². The first kappa shape index (κ1) is 11.7. The second kappa shape index (κ2) is 5.49. The van der Waals surface area contributed by atoms with Crippen molar-refractivity contribution >= 4 is 5.69 Å². The summed E-state index contributed by atoms with van der Waals surface area (Å²) >= 11 is 0. The van der Waals surface area contributed by atoms with Gasteiger partial charge in [-0.2, -0.15) is 0 Å². The van der Waals surface area contributed by atoms with Crippen molar-refractivity contribution in [2.75, 3.05) is 19.5 Å². The molecule has 1 aromatic rings. The van der Waals surface area contributed by atoms with Crippen LogP contribution in [0, 0.1) is 0 Å². The Bertz CT molecular complexity index is 312. The summed E-state index contributed by atoms with van der Waals surface area (Å²) in [5.41, 5.74) is 0.978. The molecule has 0 aliphatic carbocycles. The van der Waals surface area contributed by atoms with E-state index < -0.39 is 0 Å². The van der Waals surface area contributed by atoms with Crippen LogP contribution in [0.4, 0.5) is 5.69 Å². The highest BCUT2D eigenvalue weighted by molar-refractivity contribution is 5.60. The van der Waals surface area contributed by atoms with Crippen molar-refractivity contribution in [2.24, 2.45) is 0 Å². The molecule has 84 valence electrons. The predicted molar refractivity (Wildman–Crippen MR) is 62.9 cm³/mol. The maximum Gasteiger partial charge on any atom is 0.142 e. The van der Waals surface area contributed by atoms with Gasteiger partial charge in [0.2, 0.25) is 0 Å². The van der Waals surface area contributed by atoms with E-state index in [-0.39, 0.29) is 0 Å². The lowest BCUT2D eigenvalue weighted by Crippen LogP contribution is -2.14. The highest BCUT2D eigenvalue weighted by Gasteiger charge is 2.06. The molecular formula is C12H19NO2. The van der Waals surface area contributed by atoms with E-state index >= 15 is 0 Å². The van der Waals surface area contributed by atoms with E-state index in [1.807, 2.05) is 18.2 Å². The van der Waals surface area contributed by atoms with Crippen molar-refractivity contribution in [3.8, 4) is 11.5 Å². The van der Waals surface area contributed by atoms with Crippen LogP contribution < -0.4 is 14.8 Å². The normalized spacial score (nSPS) is 12.0. The quantitative estimate of drug-likeness (QED) is 0.808. The number of methoxy groups -OCH3 is 2. The third-order valence-electron chi connectivity index (χ3n) is 2.42. The lowest BCUT2D eigenvalue weighted by Gasteiger charge is -2.16. The van der Waals surface area contributed by atoms with Crippen LogP contribution in [0.3, 0.4) is 0 Å². The summed E-state index contributed by atoms with van der Waals surface area (Å²) in [5.74, 6) is 1.68. The van der Waals surface area contributed by atoms with E-state index in [9.17, 15) is 0 Å². The van der Waals surface area contributed by atoms with E-state index in [1.165, 1.54) is 0 Å². The smallest absolute Gasteiger partial charge is 0.142 e. The fourth-order valence-corrected chi connectivity index (χ4v) is 1.29. The van der Waals surface area contributed by atoms with Crippen molar-refractivity contribution in [1.82, 2.24) is 0 Å². The van der Waals surface area contributed by atoms with Gasteiger partial charge < -0.3 is 14.8 Å². The molecule has 15 heavy (non-hydrogen) atoms. The molecule has 1 aromatic carbocycles. The highest BCUT2D eigenvalue weighted by atomic mass is 16.5. The maximum absolute atomic E-state index is 5.27. The lowest BCUT2D eigenvalue weighted by atomic mass is 10.2. The number of rotatable bonds is 5. The number of anilines is 1. The second-order valence-corrected chi connectivity index (χ2v) is 3.52. The van der Waals surface area contributed by atoms with Crippen molar-refractivity contribution in [3.63, 3.8) is 0 Å². The van der Waals surface area contributed by atoms with Gasteiger partial charge in [0.25, 0.3) is 0 Å². The summed E-state index contributed by atoms with van der Waals surface area (Å²) in [5, 5.41) is 3.38. The van der Waals surface area contributed by atoms with Crippen molar-refractivity contribution < 1.29 is 9.47 Å². The van der Waals surface area contributed by atoms with Crippen LogP contribution in [-0.4, -0.2) is 20.3 Å². The summed E-state index contributed by atoms with van der Waals surface area (Å²) in [7, 11) is 3.33. The Hall–Kier alpha value is -1.38. The van der Waals surface area contributed by atoms with Gasteiger partial charge in [0, 0.05) is 12.1 Å². The first-order chi connectivity index (χ1) is 7.21. The molecule has 0 saturated heterocycles. The Morgan fingerprint density at radius 1 is 1.27 bits per heavy atom. The van der Waals surface area contributed by atoms with Crippen molar-refractivity contribution in [3.05, 3.63) is 18.2 Å². The van der Waals surface area contributed by atoms with Gasteiger partial charge in [-0.25, -0.2) is 0 Å². The topological polar surface area (TPSA) is 30.5 Å². The van der Waals surface area contributed by atoms with Crippen LogP contribution in [0.15, 0.2) is 18.2 Å². The number of ether oxygens (including phenoxy) is 2. The molecular weight excluding hydrogens is 190 g/mol. The minimum absolute atomic E-state index is 0.422. The van der Waals surface area contributed by atoms with Crippen LogP contribution in [0.1, 0.15) is 20.3 Å². The van der Waals surface area contributed by atoms with Crippen LogP contribution in [-0.2, 0) is 0 Å². The zero-order valence-electron chi connectivity index (χ0n) is 9.83. The zero-order chi connectivity index (χ0) is 11.3. The Balaban J connectivity index is 2.90. The molecule has 0 unspecified atom stereocenters. The Kier molecular flexibility index (Phi) is 4.28. The van der Waals surface area contributed by atoms with E-state index in [1.54, 1.807) is 14.2 Å². The number of nitrogens with one attached hydrogen (secondary N) is 1. The minimum Gasteiger partial charge on any atom is -0.497 e. The van der Waals surface area contributed by atoms with Gasteiger partial charge in [-0.3, -0.25) is 0 Å². The maximum atomic E-state index is 5.27. The van der Waals surface area contributed by atoms with E-state index in [4.69, 9.17) is 9.47 Å². The lowest BCUT2D eigenvalue weighted by molar-refractivity contribution is 0.404. The van der Waals surface area contributed by atoms with Gasteiger partial charge in [0.05, 0.1) is 19.9 Å². The fourth-order valence-electron chi connectivity index (χ4n) is 1.29. The summed E-state index contributed by atoms with van der Waals surface area (Å²) in [6.07, 6.45) is 1.07. The van der Waals surface area contributed by atoms with Crippen LogP contribution in [0.25, 0.3) is 0 Å². The second-order valence-electron chi connectivity index (χ2n) is 3.52. The van der Waals surface area contributed by atoms with Gasteiger partial charge in [-0.1, -0.05) is 6.92 Å². The van der Waals surface area contributed by atoms with Gasteiger partial charge in [-0.15, -0.1) is 0 Å². The number of hydrogen-bond acceptors (Lipinski definition) is 3. The molecule has 0 amide bonds. The van der Waals surface area contributed by atoms with Crippen LogP contribution >= 0.6 is 0 Å². The highest BCUT2D eigenvalue weighted by Crippen LogP contribution is 2.29. The summed E-state index contributed by atoms with van der Waals surface area (Å²) in [6, 6.07) is 6.17.